The van der Waals surface area contributed by atoms with Gasteiger partial charge in [-0.25, -0.2) is 12.7 Å². The van der Waals surface area contributed by atoms with Crippen LogP contribution in [-0.2, 0) is 20.6 Å². The van der Waals surface area contributed by atoms with Crippen molar-refractivity contribution < 1.29 is 13.2 Å². The molecule has 1 saturated heterocycles. The highest BCUT2D eigenvalue weighted by Gasteiger charge is 2.31. The fourth-order valence-corrected chi connectivity index (χ4v) is 5.54. The van der Waals surface area contributed by atoms with Gasteiger partial charge in [0.1, 0.15) is 0 Å². The second-order valence-corrected chi connectivity index (χ2v) is 10.6. The van der Waals surface area contributed by atoms with Gasteiger partial charge in [-0.15, -0.1) is 0 Å². The zero-order valence-electron chi connectivity index (χ0n) is 17.7. The summed E-state index contributed by atoms with van der Waals surface area (Å²) in [5.74, 6) is 0.0368. The van der Waals surface area contributed by atoms with Crippen LogP contribution in [0.5, 0.6) is 0 Å². The largest absolute Gasteiger partial charge is 0.325 e. The molecule has 1 amide bonds. The molecule has 162 valence electrons. The first-order valence-corrected chi connectivity index (χ1v) is 12.3. The number of anilines is 1. The highest BCUT2D eigenvalue weighted by Crippen LogP contribution is 2.29. The van der Waals surface area contributed by atoms with E-state index in [2.05, 4.69) is 19.2 Å². The van der Waals surface area contributed by atoms with Crippen molar-refractivity contribution in [2.45, 2.75) is 45.3 Å². The van der Waals surface area contributed by atoms with E-state index >= 15 is 0 Å². The second-order valence-electron chi connectivity index (χ2n) is 8.24. The van der Waals surface area contributed by atoms with Crippen LogP contribution >= 0.6 is 11.6 Å². The lowest BCUT2D eigenvalue weighted by Crippen LogP contribution is -2.42. The lowest BCUT2D eigenvalue weighted by molar-refractivity contribution is -0.120. The molecule has 1 heterocycles. The number of nitrogens with one attached hydrogen (secondary N) is 1. The van der Waals surface area contributed by atoms with Crippen molar-refractivity contribution in [3.63, 3.8) is 0 Å². The highest BCUT2D eigenvalue weighted by atomic mass is 35.5. The Morgan fingerprint density at radius 1 is 1.13 bits per heavy atom. The molecule has 1 fully saturated rings. The van der Waals surface area contributed by atoms with E-state index in [4.69, 9.17) is 11.6 Å². The Balaban J connectivity index is 1.61. The van der Waals surface area contributed by atoms with E-state index in [0.29, 0.717) is 42.4 Å². The van der Waals surface area contributed by atoms with Crippen LogP contribution in [0.4, 0.5) is 5.69 Å². The first kappa shape index (κ1) is 22.8. The topological polar surface area (TPSA) is 66.5 Å². The van der Waals surface area contributed by atoms with Crippen molar-refractivity contribution in [2.75, 3.05) is 18.4 Å². The van der Waals surface area contributed by atoms with Gasteiger partial charge in [0.15, 0.2) is 0 Å². The Bertz CT molecular complexity index is 996. The number of rotatable bonds is 6. The van der Waals surface area contributed by atoms with Crippen molar-refractivity contribution in [1.82, 2.24) is 4.31 Å². The van der Waals surface area contributed by atoms with Gasteiger partial charge in [-0.05, 0) is 54.5 Å². The molecule has 0 radical (unpaired) electrons. The zero-order valence-corrected chi connectivity index (χ0v) is 19.3. The van der Waals surface area contributed by atoms with Gasteiger partial charge < -0.3 is 5.32 Å². The van der Waals surface area contributed by atoms with Crippen LogP contribution in [0.2, 0.25) is 5.02 Å². The number of piperidine rings is 1. The molecule has 1 aliphatic heterocycles. The molecule has 3 rings (SSSR count). The first-order valence-electron chi connectivity index (χ1n) is 10.3. The first-order chi connectivity index (χ1) is 14.2. The average molecular weight is 449 g/mol. The quantitative estimate of drug-likeness (QED) is 0.679. The number of carbonyl (C=O) groups excluding carboxylic acids is 1. The zero-order chi connectivity index (χ0) is 21.9. The third-order valence-electron chi connectivity index (χ3n) is 5.66. The van der Waals surface area contributed by atoms with Crippen molar-refractivity contribution in [1.29, 1.82) is 0 Å². The summed E-state index contributed by atoms with van der Waals surface area (Å²) in [6.45, 7) is 6.92. The van der Waals surface area contributed by atoms with E-state index in [0.717, 1.165) is 16.8 Å². The number of para-hydroxylation sites is 1. The lowest BCUT2D eigenvalue weighted by atomic mass is 9.95. The monoisotopic (exact) mass is 448 g/mol. The van der Waals surface area contributed by atoms with Gasteiger partial charge in [-0.1, -0.05) is 55.8 Å². The molecule has 1 aliphatic rings. The fraction of sp³-hybridized carbons (Fsp3) is 0.435. The van der Waals surface area contributed by atoms with E-state index < -0.39 is 10.0 Å². The lowest BCUT2D eigenvalue weighted by Gasteiger charge is -2.31. The Hall–Kier alpha value is -1.89. The molecule has 30 heavy (non-hydrogen) atoms. The number of nitrogens with zero attached hydrogens (tertiary/aromatic N) is 1. The third-order valence-corrected chi connectivity index (χ3v) is 7.76. The van der Waals surface area contributed by atoms with E-state index in [1.54, 1.807) is 24.3 Å². The Labute approximate surface area is 184 Å². The van der Waals surface area contributed by atoms with Gasteiger partial charge in [0.2, 0.25) is 15.9 Å². The number of aryl methyl sites for hydroxylation is 1. The standard InChI is InChI=1S/C23H29ClN2O3S/c1-16(2)21-6-4-5-17(3)22(21)25-23(27)19-11-13-26(14-12-19)30(28,29)15-18-7-9-20(24)10-8-18/h4-10,16,19H,11-15H2,1-3H3,(H,25,27). The van der Waals surface area contributed by atoms with Crippen LogP contribution in [-0.4, -0.2) is 31.7 Å². The van der Waals surface area contributed by atoms with Crippen LogP contribution in [0, 0.1) is 12.8 Å². The Morgan fingerprint density at radius 2 is 1.77 bits per heavy atom. The van der Waals surface area contributed by atoms with Gasteiger partial charge in [0, 0.05) is 29.7 Å². The van der Waals surface area contributed by atoms with Crippen molar-refractivity contribution in [3.05, 3.63) is 64.2 Å². The van der Waals surface area contributed by atoms with Crippen molar-refractivity contribution in [3.8, 4) is 0 Å². The Morgan fingerprint density at radius 3 is 2.37 bits per heavy atom. The third kappa shape index (κ3) is 5.42. The van der Waals surface area contributed by atoms with Crippen LogP contribution in [0.25, 0.3) is 0 Å². The summed E-state index contributed by atoms with van der Waals surface area (Å²) in [6, 6.07) is 12.9. The summed E-state index contributed by atoms with van der Waals surface area (Å²) >= 11 is 5.87. The molecule has 0 atom stereocenters. The number of hydrogen-bond donors (Lipinski definition) is 1. The van der Waals surface area contributed by atoms with Gasteiger partial charge in [0.05, 0.1) is 5.75 Å². The van der Waals surface area contributed by atoms with Crippen LogP contribution < -0.4 is 5.32 Å². The summed E-state index contributed by atoms with van der Waals surface area (Å²) in [7, 11) is -3.42. The minimum absolute atomic E-state index is 0.0269. The molecular formula is C23H29ClN2O3S. The summed E-state index contributed by atoms with van der Waals surface area (Å²) in [5, 5.41) is 3.69. The van der Waals surface area contributed by atoms with Crippen LogP contribution in [0.15, 0.2) is 42.5 Å². The average Bonchev–Trinajstić information content (AvgIpc) is 2.71. The second kappa shape index (κ2) is 9.50. The molecule has 0 saturated carbocycles. The summed E-state index contributed by atoms with van der Waals surface area (Å²) in [5.41, 5.74) is 3.75. The molecule has 0 bridgehead atoms. The predicted molar refractivity (Wildman–Crippen MR) is 122 cm³/mol. The van der Waals surface area contributed by atoms with Gasteiger partial charge in [-0.3, -0.25) is 4.79 Å². The van der Waals surface area contributed by atoms with Crippen LogP contribution in [0.1, 0.15) is 49.3 Å². The normalized spacial score (nSPS) is 16.0. The number of halogens is 1. The minimum atomic E-state index is -3.42. The maximum absolute atomic E-state index is 12.9. The smallest absolute Gasteiger partial charge is 0.227 e. The van der Waals surface area contributed by atoms with E-state index in [-0.39, 0.29) is 17.6 Å². The predicted octanol–water partition coefficient (Wildman–Crippen LogP) is 4.95. The molecule has 0 unspecified atom stereocenters. The molecule has 0 aliphatic carbocycles. The summed E-state index contributed by atoms with van der Waals surface area (Å²) in [6.07, 6.45) is 1.04. The summed E-state index contributed by atoms with van der Waals surface area (Å²) in [4.78, 5) is 12.9. The number of sulfonamides is 1. The molecule has 1 N–H and O–H groups in total. The van der Waals surface area contributed by atoms with E-state index in [9.17, 15) is 13.2 Å². The highest BCUT2D eigenvalue weighted by molar-refractivity contribution is 7.88. The SMILES string of the molecule is Cc1cccc(C(C)C)c1NC(=O)C1CCN(S(=O)(=O)Cc2ccc(Cl)cc2)CC1. The van der Waals surface area contributed by atoms with Gasteiger partial charge in [-0.2, -0.15) is 0 Å². The minimum Gasteiger partial charge on any atom is -0.325 e. The summed E-state index contributed by atoms with van der Waals surface area (Å²) < 4.78 is 27.0. The Kier molecular flexibility index (Phi) is 7.22. The molecule has 2 aromatic carbocycles. The maximum Gasteiger partial charge on any atom is 0.227 e. The van der Waals surface area contributed by atoms with Crippen molar-refractivity contribution >= 4 is 33.2 Å². The molecule has 7 heteroatoms. The molecule has 2 aromatic rings. The van der Waals surface area contributed by atoms with Crippen LogP contribution in [0.3, 0.4) is 0 Å². The van der Waals surface area contributed by atoms with Gasteiger partial charge in [0.25, 0.3) is 0 Å². The van der Waals surface area contributed by atoms with E-state index in [1.807, 2.05) is 25.1 Å². The number of carbonyl (C=O) groups is 1. The van der Waals surface area contributed by atoms with Gasteiger partial charge >= 0.3 is 0 Å². The molecular weight excluding hydrogens is 420 g/mol. The molecule has 5 nitrogen and oxygen atoms in total. The number of amides is 1. The number of hydrogen-bond acceptors (Lipinski definition) is 3. The molecule has 0 aromatic heterocycles. The van der Waals surface area contributed by atoms with E-state index in [1.165, 1.54) is 4.31 Å². The number of benzene rings is 2. The van der Waals surface area contributed by atoms with Crippen molar-refractivity contribution in [2.24, 2.45) is 5.92 Å². The maximum atomic E-state index is 12.9. The molecule has 0 spiro atoms. The fourth-order valence-electron chi connectivity index (χ4n) is 3.85.